The van der Waals surface area contributed by atoms with Gasteiger partial charge in [-0.05, 0) is 67.3 Å². The van der Waals surface area contributed by atoms with Crippen molar-refractivity contribution in [2.24, 2.45) is 29.0 Å². The van der Waals surface area contributed by atoms with E-state index in [2.05, 4.69) is 35.8 Å². The van der Waals surface area contributed by atoms with E-state index in [1.165, 1.54) is 44.1 Å². The predicted molar refractivity (Wildman–Crippen MR) is 77.1 cm³/mol. The first kappa shape index (κ1) is 11.9. The Kier molecular flexibility index (Phi) is 2.71. The minimum atomic E-state index is 0.349. The van der Waals surface area contributed by atoms with Crippen molar-refractivity contribution in [3.63, 3.8) is 0 Å². The summed E-state index contributed by atoms with van der Waals surface area (Å²) in [7, 11) is 0. The van der Waals surface area contributed by atoms with E-state index in [4.69, 9.17) is 5.84 Å². The summed E-state index contributed by atoms with van der Waals surface area (Å²) in [6, 6.07) is 11.2. The molecule has 0 radical (unpaired) electrons. The molecule has 2 nitrogen and oxygen atoms in total. The number of hydrogen-bond donors (Lipinski definition) is 2. The lowest BCUT2D eigenvalue weighted by Crippen LogP contribution is -2.53. The van der Waals surface area contributed by atoms with Gasteiger partial charge in [0.1, 0.15) is 0 Å². The molecule has 4 aliphatic rings. The van der Waals surface area contributed by atoms with Gasteiger partial charge in [-0.15, -0.1) is 0 Å². The summed E-state index contributed by atoms with van der Waals surface area (Å²) in [5, 5.41) is 0. The van der Waals surface area contributed by atoms with Gasteiger partial charge < -0.3 is 0 Å². The molecular weight excluding hydrogens is 232 g/mol. The molecule has 0 aliphatic heterocycles. The SMILES string of the molecule is NNC(c1ccccc1)C12CC3CC(CC(C3)C1)C2. The molecule has 4 saturated carbocycles. The molecule has 19 heavy (non-hydrogen) atoms. The number of nitrogens with two attached hydrogens (primary N) is 1. The van der Waals surface area contributed by atoms with Gasteiger partial charge in [-0.25, -0.2) is 0 Å². The van der Waals surface area contributed by atoms with Gasteiger partial charge >= 0.3 is 0 Å². The number of rotatable bonds is 3. The molecule has 0 heterocycles. The van der Waals surface area contributed by atoms with Gasteiger partial charge in [-0.3, -0.25) is 11.3 Å². The second-order valence-corrected chi connectivity index (χ2v) is 7.29. The molecule has 0 amide bonds. The Morgan fingerprint density at radius 1 is 0.947 bits per heavy atom. The van der Waals surface area contributed by atoms with Crippen LogP contribution in [-0.2, 0) is 0 Å². The van der Waals surface area contributed by atoms with E-state index in [1.807, 2.05) is 0 Å². The van der Waals surface area contributed by atoms with E-state index in [-0.39, 0.29) is 0 Å². The molecule has 2 heteroatoms. The average molecular weight is 256 g/mol. The van der Waals surface area contributed by atoms with E-state index < -0.39 is 0 Å². The third-order valence-corrected chi connectivity index (χ3v) is 6.00. The zero-order valence-corrected chi connectivity index (χ0v) is 11.5. The second-order valence-electron chi connectivity index (χ2n) is 7.29. The summed E-state index contributed by atoms with van der Waals surface area (Å²) in [5.41, 5.74) is 4.99. The van der Waals surface area contributed by atoms with E-state index >= 15 is 0 Å². The molecule has 1 aromatic carbocycles. The molecule has 4 bridgehead atoms. The minimum Gasteiger partial charge on any atom is -0.271 e. The second kappa shape index (κ2) is 4.32. The number of hydrogen-bond acceptors (Lipinski definition) is 2. The van der Waals surface area contributed by atoms with E-state index in [0.29, 0.717) is 11.5 Å². The zero-order valence-electron chi connectivity index (χ0n) is 11.5. The molecule has 4 fully saturated rings. The fraction of sp³-hybridized carbons (Fsp3) is 0.647. The predicted octanol–water partition coefficient (Wildman–Crippen LogP) is 3.41. The molecule has 3 N–H and O–H groups in total. The standard InChI is InChI=1S/C17H24N2/c18-19-16(15-4-2-1-3-5-15)17-9-12-6-13(10-17)8-14(7-12)11-17/h1-5,12-14,16,19H,6-11,18H2. The van der Waals surface area contributed by atoms with Crippen LogP contribution in [0, 0.1) is 23.2 Å². The van der Waals surface area contributed by atoms with Gasteiger partial charge in [-0.2, -0.15) is 0 Å². The van der Waals surface area contributed by atoms with Gasteiger partial charge in [-0.1, -0.05) is 30.3 Å². The Bertz CT molecular complexity index is 418. The Morgan fingerprint density at radius 3 is 1.95 bits per heavy atom. The van der Waals surface area contributed by atoms with Crippen molar-refractivity contribution in [2.45, 2.75) is 44.6 Å². The Labute approximate surface area is 115 Å². The quantitative estimate of drug-likeness (QED) is 0.642. The lowest BCUT2D eigenvalue weighted by atomic mass is 9.47. The van der Waals surface area contributed by atoms with Crippen molar-refractivity contribution >= 4 is 0 Å². The van der Waals surface area contributed by atoms with Crippen LogP contribution in [0.25, 0.3) is 0 Å². The normalized spacial score (nSPS) is 41.4. The van der Waals surface area contributed by atoms with Crippen molar-refractivity contribution in [3.05, 3.63) is 35.9 Å². The first-order valence-corrected chi connectivity index (χ1v) is 7.80. The van der Waals surface area contributed by atoms with Crippen LogP contribution in [0.3, 0.4) is 0 Å². The van der Waals surface area contributed by atoms with Gasteiger partial charge in [0, 0.05) is 0 Å². The summed E-state index contributed by atoms with van der Waals surface area (Å²) >= 11 is 0. The van der Waals surface area contributed by atoms with Crippen LogP contribution in [-0.4, -0.2) is 0 Å². The largest absolute Gasteiger partial charge is 0.271 e. The summed E-state index contributed by atoms with van der Waals surface area (Å²) in [6.07, 6.45) is 8.65. The topological polar surface area (TPSA) is 38.0 Å². The molecule has 0 saturated heterocycles. The number of hydrazine groups is 1. The lowest BCUT2D eigenvalue weighted by Gasteiger charge is -2.59. The summed E-state index contributed by atoms with van der Waals surface area (Å²) < 4.78 is 0. The number of nitrogens with one attached hydrogen (secondary N) is 1. The molecule has 0 spiro atoms. The molecule has 5 rings (SSSR count). The summed E-state index contributed by atoms with van der Waals surface area (Å²) in [6.45, 7) is 0. The van der Waals surface area contributed by atoms with Crippen LogP contribution in [0.15, 0.2) is 30.3 Å². The Hall–Kier alpha value is -0.860. The monoisotopic (exact) mass is 256 g/mol. The maximum Gasteiger partial charge on any atom is 0.0516 e. The Morgan fingerprint density at radius 2 is 1.47 bits per heavy atom. The Balaban J connectivity index is 1.70. The molecule has 1 atom stereocenters. The molecule has 0 aromatic heterocycles. The highest BCUT2D eigenvalue weighted by atomic mass is 15.2. The van der Waals surface area contributed by atoms with E-state index in [1.54, 1.807) is 0 Å². The van der Waals surface area contributed by atoms with E-state index in [9.17, 15) is 0 Å². The molecule has 102 valence electrons. The third-order valence-electron chi connectivity index (χ3n) is 6.00. The third kappa shape index (κ3) is 1.85. The maximum atomic E-state index is 5.98. The van der Waals surface area contributed by atoms with Crippen molar-refractivity contribution in [2.75, 3.05) is 0 Å². The number of benzene rings is 1. The maximum absolute atomic E-state index is 5.98. The molecule has 1 aromatic rings. The van der Waals surface area contributed by atoms with Crippen molar-refractivity contribution in [1.82, 2.24) is 5.43 Å². The zero-order chi connectivity index (χ0) is 12.9. The van der Waals surface area contributed by atoms with Crippen LogP contribution in [0.5, 0.6) is 0 Å². The van der Waals surface area contributed by atoms with Crippen molar-refractivity contribution in [1.29, 1.82) is 0 Å². The first-order valence-electron chi connectivity index (χ1n) is 7.80. The fourth-order valence-electron chi connectivity index (χ4n) is 5.80. The summed E-state index contributed by atoms with van der Waals surface area (Å²) in [4.78, 5) is 0. The molecule has 1 unspecified atom stereocenters. The average Bonchev–Trinajstić information content (AvgIpc) is 2.38. The smallest absolute Gasteiger partial charge is 0.0516 e. The van der Waals surface area contributed by atoms with Gasteiger partial charge in [0.05, 0.1) is 6.04 Å². The van der Waals surface area contributed by atoms with Crippen LogP contribution in [0.2, 0.25) is 0 Å². The highest BCUT2D eigenvalue weighted by Gasteiger charge is 2.54. The van der Waals surface area contributed by atoms with Gasteiger partial charge in [0.15, 0.2) is 0 Å². The first-order chi connectivity index (χ1) is 9.29. The molecule has 4 aliphatic carbocycles. The molecular formula is C17H24N2. The lowest BCUT2D eigenvalue weighted by molar-refractivity contribution is -0.0749. The van der Waals surface area contributed by atoms with E-state index in [0.717, 1.165) is 17.8 Å². The highest BCUT2D eigenvalue weighted by Crippen LogP contribution is 2.63. The van der Waals surface area contributed by atoms with Crippen molar-refractivity contribution in [3.8, 4) is 0 Å². The van der Waals surface area contributed by atoms with Crippen LogP contribution >= 0.6 is 0 Å². The van der Waals surface area contributed by atoms with Gasteiger partial charge in [0.2, 0.25) is 0 Å². The fourth-order valence-corrected chi connectivity index (χ4v) is 5.80. The highest BCUT2D eigenvalue weighted by molar-refractivity contribution is 5.23. The summed E-state index contributed by atoms with van der Waals surface area (Å²) in [5.74, 6) is 8.91. The van der Waals surface area contributed by atoms with Crippen LogP contribution < -0.4 is 11.3 Å². The van der Waals surface area contributed by atoms with Crippen LogP contribution in [0.4, 0.5) is 0 Å². The minimum absolute atomic E-state index is 0.349. The van der Waals surface area contributed by atoms with Gasteiger partial charge in [0.25, 0.3) is 0 Å². The van der Waals surface area contributed by atoms with Crippen molar-refractivity contribution < 1.29 is 0 Å². The van der Waals surface area contributed by atoms with Crippen LogP contribution in [0.1, 0.15) is 50.1 Å².